The summed E-state index contributed by atoms with van der Waals surface area (Å²) in [5.74, 6) is 1.27. The molecule has 0 atom stereocenters. The predicted molar refractivity (Wildman–Crippen MR) is 93.5 cm³/mol. The summed E-state index contributed by atoms with van der Waals surface area (Å²) in [6.07, 6.45) is 0. The van der Waals surface area contributed by atoms with Crippen LogP contribution in [0.2, 0.25) is 10.0 Å². The Kier molecular flexibility index (Phi) is 5.44. The van der Waals surface area contributed by atoms with Gasteiger partial charge in [-0.3, -0.25) is 0 Å². The smallest absolute Gasteiger partial charge is 0.214 e. The van der Waals surface area contributed by atoms with Gasteiger partial charge in [0.05, 0.1) is 22.3 Å². The predicted octanol–water partition coefficient (Wildman–Crippen LogP) is 3.85. The molecule has 3 aromatic rings. The van der Waals surface area contributed by atoms with Crippen LogP contribution in [0.5, 0.6) is 11.5 Å². The second-order valence-corrected chi connectivity index (χ2v) is 6.51. The summed E-state index contributed by atoms with van der Waals surface area (Å²) >= 11 is 13.5. The normalized spacial score (nSPS) is 10.8. The van der Waals surface area contributed by atoms with Gasteiger partial charge in [-0.15, -0.1) is 5.10 Å². The van der Waals surface area contributed by atoms with Crippen LogP contribution < -0.4 is 4.74 Å². The average Bonchev–Trinajstić information content (AvgIpc) is 3.03. The Balaban J connectivity index is 1.60. The Morgan fingerprint density at radius 1 is 1.08 bits per heavy atom. The molecule has 24 heavy (non-hydrogen) atoms. The summed E-state index contributed by atoms with van der Waals surface area (Å²) in [5, 5.41) is 22.5. The van der Waals surface area contributed by atoms with Crippen LogP contribution in [0.3, 0.4) is 0 Å². The second kappa shape index (κ2) is 7.74. The fourth-order valence-electron chi connectivity index (χ4n) is 1.92. The van der Waals surface area contributed by atoms with Crippen LogP contribution in [0.25, 0.3) is 5.69 Å². The lowest BCUT2D eigenvalue weighted by atomic mass is 10.3. The number of hydrogen-bond acceptors (Lipinski definition) is 6. The molecule has 124 valence electrons. The highest BCUT2D eigenvalue weighted by molar-refractivity contribution is 7.99. The van der Waals surface area contributed by atoms with E-state index in [2.05, 4.69) is 15.5 Å². The standard InChI is InChI=1S/C15H12Cl2N4O2S/c16-12-2-1-3-13(17)14(12)23-8-9-24-15-18-19-20-21(15)10-4-6-11(22)7-5-10/h1-7,22H,8-9H2. The molecule has 0 aliphatic carbocycles. The summed E-state index contributed by atoms with van der Waals surface area (Å²) in [6.45, 7) is 0.399. The molecule has 0 fully saturated rings. The number of nitrogens with zero attached hydrogens (tertiary/aromatic N) is 4. The van der Waals surface area contributed by atoms with Gasteiger partial charge in [-0.2, -0.15) is 4.68 Å². The van der Waals surface area contributed by atoms with E-state index in [0.29, 0.717) is 33.3 Å². The van der Waals surface area contributed by atoms with Crippen LogP contribution in [0, 0.1) is 0 Å². The maximum absolute atomic E-state index is 9.35. The minimum absolute atomic E-state index is 0.186. The lowest BCUT2D eigenvalue weighted by Gasteiger charge is -2.09. The largest absolute Gasteiger partial charge is 0.508 e. The van der Waals surface area contributed by atoms with Crippen molar-refractivity contribution in [2.24, 2.45) is 0 Å². The van der Waals surface area contributed by atoms with Gasteiger partial charge < -0.3 is 9.84 Å². The number of phenolic OH excluding ortho intramolecular Hbond substituents is 1. The maximum atomic E-state index is 9.35. The third-order valence-corrected chi connectivity index (χ3v) is 4.49. The van der Waals surface area contributed by atoms with E-state index >= 15 is 0 Å². The number of hydrogen-bond donors (Lipinski definition) is 1. The van der Waals surface area contributed by atoms with Crippen LogP contribution >= 0.6 is 35.0 Å². The number of aromatic hydroxyl groups is 1. The molecule has 2 aromatic carbocycles. The molecular formula is C15H12Cl2N4O2S. The molecule has 0 aliphatic heterocycles. The fraction of sp³-hybridized carbons (Fsp3) is 0.133. The van der Waals surface area contributed by atoms with Crippen LogP contribution in [0.15, 0.2) is 47.6 Å². The topological polar surface area (TPSA) is 73.1 Å². The van der Waals surface area contributed by atoms with E-state index < -0.39 is 0 Å². The minimum Gasteiger partial charge on any atom is -0.508 e. The monoisotopic (exact) mass is 382 g/mol. The van der Waals surface area contributed by atoms with Crippen molar-refractivity contribution in [3.05, 3.63) is 52.5 Å². The van der Waals surface area contributed by atoms with E-state index in [1.165, 1.54) is 11.8 Å². The second-order valence-electron chi connectivity index (χ2n) is 4.64. The molecule has 0 bridgehead atoms. The van der Waals surface area contributed by atoms with Crippen LogP contribution in [-0.4, -0.2) is 37.7 Å². The molecule has 0 saturated carbocycles. The molecule has 0 aliphatic rings. The Morgan fingerprint density at radius 2 is 1.79 bits per heavy atom. The SMILES string of the molecule is Oc1ccc(-n2nnnc2SCCOc2c(Cl)cccc2Cl)cc1. The number of ether oxygens (including phenoxy) is 1. The number of benzene rings is 2. The van der Waals surface area contributed by atoms with Crippen molar-refractivity contribution in [3.8, 4) is 17.2 Å². The molecule has 0 spiro atoms. The van der Waals surface area contributed by atoms with Gasteiger partial charge in [-0.1, -0.05) is 41.0 Å². The lowest BCUT2D eigenvalue weighted by molar-refractivity contribution is 0.344. The quantitative estimate of drug-likeness (QED) is 0.515. The first-order valence-corrected chi connectivity index (χ1v) is 8.66. The summed E-state index contributed by atoms with van der Waals surface area (Å²) in [5.41, 5.74) is 0.760. The lowest BCUT2D eigenvalue weighted by Crippen LogP contribution is -2.04. The van der Waals surface area contributed by atoms with Gasteiger partial charge in [-0.05, 0) is 46.8 Å². The van der Waals surface area contributed by atoms with E-state index in [1.807, 2.05) is 0 Å². The fourth-order valence-corrected chi connectivity index (χ4v) is 3.14. The van der Waals surface area contributed by atoms with E-state index in [0.717, 1.165) is 5.69 Å². The van der Waals surface area contributed by atoms with E-state index in [1.54, 1.807) is 47.1 Å². The number of tetrazole rings is 1. The van der Waals surface area contributed by atoms with Gasteiger partial charge in [0.25, 0.3) is 0 Å². The highest BCUT2D eigenvalue weighted by Gasteiger charge is 2.10. The Hall–Kier alpha value is -1.96. The molecule has 0 amide bonds. The first-order chi connectivity index (χ1) is 11.6. The highest BCUT2D eigenvalue weighted by atomic mass is 35.5. The van der Waals surface area contributed by atoms with Crippen molar-refractivity contribution in [2.75, 3.05) is 12.4 Å². The van der Waals surface area contributed by atoms with E-state index in [4.69, 9.17) is 27.9 Å². The van der Waals surface area contributed by atoms with Gasteiger partial charge >= 0.3 is 0 Å². The van der Waals surface area contributed by atoms with Gasteiger partial charge in [0.15, 0.2) is 5.75 Å². The zero-order chi connectivity index (χ0) is 16.9. The number of para-hydroxylation sites is 1. The van der Waals surface area contributed by atoms with Crippen molar-refractivity contribution in [2.45, 2.75) is 5.16 Å². The van der Waals surface area contributed by atoms with Gasteiger partial charge in [0.1, 0.15) is 5.75 Å². The molecule has 1 aromatic heterocycles. The summed E-state index contributed by atoms with van der Waals surface area (Å²) < 4.78 is 7.22. The van der Waals surface area contributed by atoms with Crippen molar-refractivity contribution < 1.29 is 9.84 Å². The molecule has 0 saturated heterocycles. The minimum atomic E-state index is 0.186. The zero-order valence-corrected chi connectivity index (χ0v) is 14.6. The van der Waals surface area contributed by atoms with E-state index in [9.17, 15) is 5.11 Å². The maximum Gasteiger partial charge on any atom is 0.214 e. The van der Waals surface area contributed by atoms with Gasteiger partial charge in [0, 0.05) is 5.75 Å². The summed E-state index contributed by atoms with van der Waals surface area (Å²) in [6, 6.07) is 11.8. The Morgan fingerprint density at radius 3 is 2.50 bits per heavy atom. The Labute approximate surface area is 152 Å². The zero-order valence-electron chi connectivity index (χ0n) is 12.3. The first kappa shape index (κ1) is 16.9. The first-order valence-electron chi connectivity index (χ1n) is 6.92. The van der Waals surface area contributed by atoms with Crippen LogP contribution in [-0.2, 0) is 0 Å². The van der Waals surface area contributed by atoms with Crippen molar-refractivity contribution in [1.29, 1.82) is 0 Å². The van der Waals surface area contributed by atoms with Crippen molar-refractivity contribution in [1.82, 2.24) is 20.2 Å². The van der Waals surface area contributed by atoms with Crippen LogP contribution in [0.1, 0.15) is 0 Å². The molecule has 3 rings (SSSR count). The van der Waals surface area contributed by atoms with Gasteiger partial charge in [-0.25, -0.2) is 0 Å². The molecular weight excluding hydrogens is 371 g/mol. The third kappa shape index (κ3) is 3.92. The summed E-state index contributed by atoms with van der Waals surface area (Å²) in [4.78, 5) is 0. The number of aromatic nitrogens is 4. The number of rotatable bonds is 6. The van der Waals surface area contributed by atoms with E-state index in [-0.39, 0.29) is 5.75 Å². The van der Waals surface area contributed by atoms with Gasteiger partial charge in [0.2, 0.25) is 5.16 Å². The molecule has 6 nitrogen and oxygen atoms in total. The Bertz CT molecular complexity index is 806. The molecule has 1 heterocycles. The van der Waals surface area contributed by atoms with Crippen molar-refractivity contribution in [3.63, 3.8) is 0 Å². The number of halogens is 2. The number of thioether (sulfide) groups is 1. The molecule has 0 radical (unpaired) electrons. The van der Waals surface area contributed by atoms with Crippen LogP contribution in [0.4, 0.5) is 0 Å². The highest BCUT2D eigenvalue weighted by Crippen LogP contribution is 2.32. The average molecular weight is 383 g/mol. The number of phenols is 1. The summed E-state index contributed by atoms with van der Waals surface area (Å²) in [7, 11) is 0. The molecule has 9 heteroatoms. The third-order valence-electron chi connectivity index (χ3n) is 3.02. The molecule has 0 unspecified atom stereocenters. The van der Waals surface area contributed by atoms with Crippen molar-refractivity contribution >= 4 is 35.0 Å². The molecule has 1 N–H and O–H groups in total.